The fourth-order valence-corrected chi connectivity index (χ4v) is 2.28. The van der Waals surface area contributed by atoms with Gasteiger partial charge in [0.2, 0.25) is 0 Å². The Kier molecular flexibility index (Phi) is 4.93. The molecule has 0 aliphatic heterocycles. The molecule has 0 radical (unpaired) electrons. The van der Waals surface area contributed by atoms with Gasteiger partial charge in [0.1, 0.15) is 0 Å². The first-order chi connectivity index (χ1) is 9.99. The number of aryl methyl sites for hydroxylation is 1. The Morgan fingerprint density at radius 3 is 2.81 bits per heavy atom. The van der Waals surface area contributed by atoms with Crippen LogP contribution in [-0.4, -0.2) is 35.4 Å². The van der Waals surface area contributed by atoms with Crippen molar-refractivity contribution in [2.24, 2.45) is 12.8 Å². The summed E-state index contributed by atoms with van der Waals surface area (Å²) in [6, 6.07) is 4.57. The third kappa shape index (κ3) is 4.03. The molecule has 2 aromatic rings. The maximum absolute atomic E-state index is 13.7. The predicted octanol–water partition coefficient (Wildman–Crippen LogP) is 1.70. The van der Waals surface area contributed by atoms with Gasteiger partial charge in [0.15, 0.2) is 11.6 Å². The van der Waals surface area contributed by atoms with E-state index in [2.05, 4.69) is 10.00 Å². The van der Waals surface area contributed by atoms with Crippen LogP contribution in [0.15, 0.2) is 30.6 Å². The Balaban J connectivity index is 1.97. The maximum Gasteiger partial charge on any atom is 0.165 e. The number of rotatable bonds is 6. The summed E-state index contributed by atoms with van der Waals surface area (Å²) in [6.07, 6.45) is 3.80. The van der Waals surface area contributed by atoms with Crippen molar-refractivity contribution in [3.63, 3.8) is 0 Å². The number of nitrogens with zero attached hydrogens (tertiary/aromatic N) is 3. The summed E-state index contributed by atoms with van der Waals surface area (Å²) in [5, 5.41) is 4.13. The average molecular weight is 292 g/mol. The molecule has 1 unspecified atom stereocenters. The van der Waals surface area contributed by atoms with Gasteiger partial charge in [0.05, 0.1) is 13.3 Å². The predicted molar refractivity (Wildman–Crippen MR) is 79.4 cm³/mol. The molecule has 21 heavy (non-hydrogen) atoms. The van der Waals surface area contributed by atoms with Crippen LogP contribution in [0.3, 0.4) is 0 Å². The molecule has 0 saturated heterocycles. The molecule has 114 valence electrons. The number of hydrogen-bond acceptors (Lipinski definition) is 4. The Morgan fingerprint density at radius 2 is 2.24 bits per heavy atom. The van der Waals surface area contributed by atoms with Crippen molar-refractivity contribution in [2.75, 3.05) is 20.7 Å². The number of likely N-dealkylation sites (N-methyl/N-ethyl adjacent to an activating group) is 1. The summed E-state index contributed by atoms with van der Waals surface area (Å²) < 4.78 is 20.4. The van der Waals surface area contributed by atoms with Crippen LogP contribution in [0.1, 0.15) is 17.2 Å². The summed E-state index contributed by atoms with van der Waals surface area (Å²) in [6.45, 7) is 1.38. The molecule has 0 saturated carbocycles. The minimum absolute atomic E-state index is 0.231. The first-order valence-corrected chi connectivity index (χ1v) is 6.74. The molecule has 0 spiro atoms. The van der Waals surface area contributed by atoms with E-state index in [-0.39, 0.29) is 17.6 Å². The number of nitrogens with two attached hydrogens (primary N) is 1. The van der Waals surface area contributed by atoms with Gasteiger partial charge in [-0.05, 0) is 24.7 Å². The molecular weight excluding hydrogens is 271 g/mol. The zero-order valence-electron chi connectivity index (χ0n) is 12.6. The quantitative estimate of drug-likeness (QED) is 0.880. The van der Waals surface area contributed by atoms with Gasteiger partial charge in [-0.3, -0.25) is 4.68 Å². The van der Waals surface area contributed by atoms with Gasteiger partial charge in [-0.15, -0.1) is 0 Å². The standard InChI is InChI=1S/C15H21FN4O/c1-19(8-11-7-18-20(2)9-11)10-14(17)12-4-5-15(21-3)13(16)6-12/h4-7,9,14H,8,10,17H2,1-3H3. The van der Waals surface area contributed by atoms with Gasteiger partial charge in [-0.2, -0.15) is 5.10 Å². The van der Waals surface area contributed by atoms with Gasteiger partial charge in [-0.1, -0.05) is 6.07 Å². The van der Waals surface area contributed by atoms with Crippen LogP contribution in [0, 0.1) is 5.82 Å². The van der Waals surface area contributed by atoms with Crippen LogP contribution in [0.2, 0.25) is 0 Å². The normalized spacial score (nSPS) is 12.7. The van der Waals surface area contributed by atoms with Gasteiger partial charge in [0, 0.05) is 37.9 Å². The average Bonchev–Trinajstić information content (AvgIpc) is 2.83. The van der Waals surface area contributed by atoms with Crippen LogP contribution in [0.5, 0.6) is 5.75 Å². The molecule has 5 nitrogen and oxygen atoms in total. The number of methoxy groups -OCH3 is 1. The Hall–Kier alpha value is -1.92. The SMILES string of the molecule is COc1ccc(C(N)CN(C)Cc2cnn(C)c2)cc1F. The second-order valence-corrected chi connectivity index (χ2v) is 5.22. The number of hydrogen-bond donors (Lipinski definition) is 1. The summed E-state index contributed by atoms with van der Waals surface area (Å²) in [5.74, 6) is -0.157. The smallest absolute Gasteiger partial charge is 0.165 e. The first kappa shape index (κ1) is 15.5. The van der Waals surface area contributed by atoms with E-state index in [1.807, 2.05) is 26.5 Å². The van der Waals surface area contributed by atoms with E-state index < -0.39 is 0 Å². The fraction of sp³-hybridized carbons (Fsp3) is 0.400. The van der Waals surface area contributed by atoms with E-state index >= 15 is 0 Å². The van der Waals surface area contributed by atoms with Crippen LogP contribution in [0.25, 0.3) is 0 Å². The molecule has 0 fully saturated rings. The highest BCUT2D eigenvalue weighted by Crippen LogP contribution is 2.21. The molecule has 6 heteroatoms. The lowest BCUT2D eigenvalue weighted by Crippen LogP contribution is -2.28. The van der Waals surface area contributed by atoms with Gasteiger partial charge >= 0.3 is 0 Å². The zero-order valence-corrected chi connectivity index (χ0v) is 12.6. The molecular formula is C15H21FN4O. The maximum atomic E-state index is 13.7. The van der Waals surface area contributed by atoms with Gasteiger partial charge < -0.3 is 15.4 Å². The van der Waals surface area contributed by atoms with Gasteiger partial charge in [-0.25, -0.2) is 4.39 Å². The molecule has 0 aliphatic carbocycles. The topological polar surface area (TPSA) is 56.3 Å². The number of halogens is 1. The van der Waals surface area contributed by atoms with E-state index in [1.165, 1.54) is 13.2 Å². The molecule has 0 aliphatic rings. The molecule has 1 atom stereocenters. The lowest BCUT2D eigenvalue weighted by atomic mass is 10.1. The summed E-state index contributed by atoms with van der Waals surface area (Å²) in [7, 11) is 5.31. The highest BCUT2D eigenvalue weighted by Gasteiger charge is 2.13. The van der Waals surface area contributed by atoms with E-state index in [1.54, 1.807) is 16.8 Å². The molecule has 2 N–H and O–H groups in total. The first-order valence-electron chi connectivity index (χ1n) is 6.74. The second-order valence-electron chi connectivity index (χ2n) is 5.22. The molecule has 2 rings (SSSR count). The number of aromatic nitrogens is 2. The van der Waals surface area contributed by atoms with Crippen LogP contribution in [0.4, 0.5) is 4.39 Å². The molecule has 0 amide bonds. The Labute approximate surface area is 124 Å². The lowest BCUT2D eigenvalue weighted by molar-refractivity contribution is 0.304. The lowest BCUT2D eigenvalue weighted by Gasteiger charge is -2.21. The molecule has 1 aromatic carbocycles. The van der Waals surface area contributed by atoms with E-state index in [0.29, 0.717) is 6.54 Å². The summed E-state index contributed by atoms with van der Waals surface area (Å²) >= 11 is 0. The van der Waals surface area contributed by atoms with Crippen molar-refractivity contribution in [1.29, 1.82) is 0 Å². The van der Waals surface area contributed by atoms with Crippen LogP contribution in [-0.2, 0) is 13.6 Å². The highest BCUT2D eigenvalue weighted by molar-refractivity contribution is 5.31. The van der Waals surface area contributed by atoms with Crippen molar-refractivity contribution in [3.05, 3.63) is 47.5 Å². The third-order valence-corrected chi connectivity index (χ3v) is 3.32. The highest BCUT2D eigenvalue weighted by atomic mass is 19.1. The number of benzene rings is 1. The van der Waals surface area contributed by atoms with Crippen molar-refractivity contribution in [1.82, 2.24) is 14.7 Å². The van der Waals surface area contributed by atoms with E-state index in [9.17, 15) is 4.39 Å². The summed E-state index contributed by atoms with van der Waals surface area (Å²) in [5.41, 5.74) is 8.02. The summed E-state index contributed by atoms with van der Waals surface area (Å²) in [4.78, 5) is 2.09. The third-order valence-electron chi connectivity index (χ3n) is 3.32. The molecule has 0 bridgehead atoms. The number of ether oxygens (including phenoxy) is 1. The largest absolute Gasteiger partial charge is 0.494 e. The van der Waals surface area contributed by atoms with Crippen LogP contribution >= 0.6 is 0 Å². The van der Waals surface area contributed by atoms with Gasteiger partial charge in [0.25, 0.3) is 0 Å². The molecule has 1 aromatic heterocycles. The second kappa shape index (κ2) is 6.69. The monoisotopic (exact) mass is 292 g/mol. The Morgan fingerprint density at radius 1 is 1.48 bits per heavy atom. The van der Waals surface area contributed by atoms with Crippen LogP contribution < -0.4 is 10.5 Å². The zero-order chi connectivity index (χ0) is 15.4. The van der Waals surface area contributed by atoms with Crippen molar-refractivity contribution in [3.8, 4) is 5.75 Å². The minimum Gasteiger partial charge on any atom is -0.494 e. The van der Waals surface area contributed by atoms with Crippen molar-refractivity contribution in [2.45, 2.75) is 12.6 Å². The molecule has 1 heterocycles. The van der Waals surface area contributed by atoms with Crippen molar-refractivity contribution < 1.29 is 9.13 Å². The Bertz CT molecular complexity index is 599. The fourth-order valence-electron chi connectivity index (χ4n) is 2.28. The minimum atomic E-state index is -0.389. The van der Waals surface area contributed by atoms with E-state index in [4.69, 9.17) is 10.5 Å². The van der Waals surface area contributed by atoms with E-state index in [0.717, 1.165) is 17.7 Å². The van der Waals surface area contributed by atoms with Crippen molar-refractivity contribution >= 4 is 0 Å².